The molecule has 0 unspecified atom stereocenters. The number of carboxylic acid groups (broad SMARTS) is 1. The molecule has 3 heterocycles. The number of H-pyrrole nitrogens is 1. The second-order valence-corrected chi connectivity index (χ2v) is 13.1. The zero-order chi connectivity index (χ0) is 26.3. The Morgan fingerprint density at radius 3 is 2.54 bits per heavy atom. The number of hydrogen-bond donors (Lipinski definition) is 3. The molecule has 9 nitrogen and oxygen atoms in total. The number of phenolic OH excluding ortho intramolecular Hbond substituents is 1. The number of hydrogen-bond acceptors (Lipinski definition) is 8. The number of aromatic nitrogens is 1. The van der Waals surface area contributed by atoms with Crippen molar-refractivity contribution in [3.8, 4) is 11.5 Å². The molecular weight excluding hydrogens is 516 g/mol. The van der Waals surface area contributed by atoms with Crippen LogP contribution in [0.5, 0.6) is 11.5 Å². The van der Waals surface area contributed by atoms with Gasteiger partial charge in [0.25, 0.3) is 0 Å². The van der Waals surface area contributed by atoms with E-state index in [2.05, 4.69) is 4.98 Å². The minimum Gasteiger partial charge on any atom is -0.504 e. The number of amides is 2. The van der Waals surface area contributed by atoms with Crippen LogP contribution in [0.3, 0.4) is 0 Å². The first-order chi connectivity index (χ1) is 17.6. The Morgan fingerprint density at radius 1 is 1.19 bits per heavy atom. The molecule has 196 valence electrons. The number of aliphatic carboxylic acids is 1. The number of aromatic amines is 1. The molecule has 2 aromatic rings. The molecule has 2 aliphatic carbocycles. The highest BCUT2D eigenvalue weighted by atomic mass is 32.2. The lowest BCUT2D eigenvalue weighted by atomic mass is 9.68. The minimum atomic E-state index is -1.16. The zero-order valence-corrected chi connectivity index (χ0v) is 22.2. The van der Waals surface area contributed by atoms with Crippen LogP contribution in [0.4, 0.5) is 0 Å². The van der Waals surface area contributed by atoms with E-state index in [1.165, 1.54) is 7.11 Å². The molecule has 2 saturated carbocycles. The molecule has 8 atom stereocenters. The Bertz CT molecular complexity index is 1370. The highest BCUT2D eigenvalue weighted by molar-refractivity contribution is 8.00. The third-order valence-corrected chi connectivity index (χ3v) is 11.2. The molecule has 0 radical (unpaired) electrons. The molecule has 11 heteroatoms. The minimum absolute atomic E-state index is 0.00104. The molecule has 6 rings (SSSR count). The maximum atomic E-state index is 13.8. The summed E-state index contributed by atoms with van der Waals surface area (Å²) in [6.07, 6.45) is 0.938. The summed E-state index contributed by atoms with van der Waals surface area (Å²) in [5, 5.41) is 20.9. The summed E-state index contributed by atoms with van der Waals surface area (Å²) in [6, 6.07) is 4.02. The fourth-order valence-corrected chi connectivity index (χ4v) is 10.3. The summed E-state index contributed by atoms with van der Waals surface area (Å²) in [5.74, 6) is -3.02. The van der Waals surface area contributed by atoms with Gasteiger partial charge in [-0.25, -0.2) is 4.79 Å². The Hall–Kier alpha value is -2.79. The van der Waals surface area contributed by atoms with Crippen LogP contribution in [0.1, 0.15) is 43.0 Å². The van der Waals surface area contributed by atoms with Crippen molar-refractivity contribution in [1.82, 2.24) is 9.88 Å². The molecular formula is C26H28N2O7S2. The maximum absolute atomic E-state index is 13.8. The van der Waals surface area contributed by atoms with Gasteiger partial charge in [0.05, 0.1) is 24.0 Å². The second-order valence-electron chi connectivity index (χ2n) is 10.9. The summed E-state index contributed by atoms with van der Waals surface area (Å²) in [4.78, 5) is 56.7. The quantitative estimate of drug-likeness (QED) is 0.472. The number of phenols is 1. The Morgan fingerprint density at radius 2 is 1.89 bits per heavy atom. The SMILES string of the molecule is COc1cc([C@@H]2c3sc(=O)[nH]c3S[C@@H]3[C@H]4C[C@@H]([C@H]5C(=O)N([C@H](CC(C)C)C(=O)O)C(=O)[C@@H]45)[C@@H]23)ccc1O. The monoisotopic (exact) mass is 544 g/mol. The average molecular weight is 545 g/mol. The number of carboxylic acids is 1. The molecule has 2 amide bonds. The first-order valence-corrected chi connectivity index (χ1v) is 14.2. The van der Waals surface area contributed by atoms with Gasteiger partial charge in [-0.2, -0.15) is 0 Å². The molecule has 2 aliphatic heterocycles. The molecule has 4 aliphatic rings. The van der Waals surface area contributed by atoms with Gasteiger partial charge in [0.15, 0.2) is 11.5 Å². The number of carbonyl (C=O) groups excluding carboxylic acids is 2. The summed E-state index contributed by atoms with van der Waals surface area (Å²) >= 11 is 2.73. The summed E-state index contributed by atoms with van der Waals surface area (Å²) in [5.41, 5.74) is 0.877. The average Bonchev–Trinajstić information content (AvgIpc) is 3.57. The molecule has 1 aromatic carbocycles. The van der Waals surface area contributed by atoms with E-state index in [9.17, 15) is 29.4 Å². The van der Waals surface area contributed by atoms with E-state index in [1.54, 1.807) is 23.9 Å². The molecule has 1 aromatic heterocycles. The van der Waals surface area contributed by atoms with Crippen molar-refractivity contribution >= 4 is 40.9 Å². The van der Waals surface area contributed by atoms with Gasteiger partial charge in [-0.3, -0.25) is 19.3 Å². The Kier molecular flexibility index (Phi) is 5.72. The molecule has 1 saturated heterocycles. The van der Waals surface area contributed by atoms with Crippen LogP contribution in [0, 0.1) is 35.5 Å². The van der Waals surface area contributed by atoms with E-state index in [1.807, 2.05) is 19.9 Å². The normalized spacial score (nSPS) is 32.4. The van der Waals surface area contributed by atoms with Crippen molar-refractivity contribution in [3.05, 3.63) is 38.3 Å². The highest BCUT2D eigenvalue weighted by Gasteiger charge is 2.70. The number of thioether (sulfide) groups is 1. The van der Waals surface area contributed by atoms with Gasteiger partial charge in [0.1, 0.15) is 6.04 Å². The van der Waals surface area contributed by atoms with Gasteiger partial charge in [0.2, 0.25) is 11.8 Å². The number of nitrogens with zero attached hydrogens (tertiary/aromatic N) is 1. The molecule has 3 N–H and O–H groups in total. The van der Waals surface area contributed by atoms with Crippen molar-refractivity contribution < 1.29 is 29.3 Å². The number of ether oxygens (including phenoxy) is 1. The molecule has 0 spiro atoms. The topological polar surface area (TPSA) is 137 Å². The smallest absolute Gasteiger partial charge is 0.326 e. The Balaban J connectivity index is 1.43. The predicted octanol–water partition coefficient (Wildman–Crippen LogP) is 3.12. The van der Waals surface area contributed by atoms with E-state index < -0.39 is 23.8 Å². The molecule has 3 fully saturated rings. The van der Waals surface area contributed by atoms with Crippen molar-refractivity contribution in [1.29, 1.82) is 0 Å². The van der Waals surface area contributed by atoms with Crippen LogP contribution in [-0.4, -0.2) is 56.3 Å². The van der Waals surface area contributed by atoms with Crippen LogP contribution in [0.2, 0.25) is 0 Å². The standard InChI is InChI=1S/C26H28N2O7S2/c1-9(2)6-13(25(32)33)28-23(30)18-11-8-12(19(18)24(28)31)20-17(11)16(21-22(36-20)27-26(34)37-21)10-4-5-14(29)15(7-10)35-3/h4-5,7,9,11-13,16-20,29H,6,8H2,1-3H3,(H,27,34)(H,32,33)/t11-,12+,13-,16+,17+,18-,19+,20-/m1/s1. The zero-order valence-electron chi connectivity index (χ0n) is 20.5. The van der Waals surface area contributed by atoms with E-state index in [0.29, 0.717) is 5.75 Å². The molecule has 37 heavy (non-hydrogen) atoms. The van der Waals surface area contributed by atoms with Crippen molar-refractivity contribution in [2.75, 3.05) is 7.11 Å². The largest absolute Gasteiger partial charge is 0.504 e. The number of aromatic hydroxyl groups is 1. The predicted molar refractivity (Wildman–Crippen MR) is 136 cm³/mol. The number of likely N-dealkylation sites (tertiary alicyclic amines) is 1. The van der Waals surface area contributed by atoms with Gasteiger partial charge in [0, 0.05) is 16.0 Å². The summed E-state index contributed by atoms with van der Waals surface area (Å²) in [6.45, 7) is 3.76. The summed E-state index contributed by atoms with van der Waals surface area (Å²) < 4.78 is 5.36. The third-order valence-electron chi connectivity index (χ3n) is 8.61. The first kappa shape index (κ1) is 24.5. The Labute approximate surface area is 221 Å². The fourth-order valence-electron chi connectivity index (χ4n) is 7.37. The van der Waals surface area contributed by atoms with Gasteiger partial charge in [-0.15, -0.1) is 11.8 Å². The lowest BCUT2D eigenvalue weighted by molar-refractivity contribution is -0.156. The van der Waals surface area contributed by atoms with Crippen molar-refractivity contribution in [2.24, 2.45) is 35.5 Å². The van der Waals surface area contributed by atoms with Gasteiger partial charge in [-0.05, 0) is 54.2 Å². The van der Waals surface area contributed by atoms with Gasteiger partial charge >= 0.3 is 10.8 Å². The van der Waals surface area contributed by atoms with Crippen LogP contribution in [0.15, 0.2) is 28.0 Å². The van der Waals surface area contributed by atoms with E-state index >= 15 is 0 Å². The number of methoxy groups -OCH3 is 1. The van der Waals surface area contributed by atoms with Gasteiger partial charge in [-0.1, -0.05) is 31.3 Å². The van der Waals surface area contributed by atoms with E-state index in [0.717, 1.165) is 38.1 Å². The summed E-state index contributed by atoms with van der Waals surface area (Å²) in [7, 11) is 1.48. The number of fused-ring (bicyclic) bond motifs is 9. The number of carbonyl (C=O) groups is 3. The van der Waals surface area contributed by atoms with Crippen LogP contribution >= 0.6 is 23.1 Å². The van der Waals surface area contributed by atoms with E-state index in [4.69, 9.17) is 4.74 Å². The van der Waals surface area contributed by atoms with Crippen LogP contribution < -0.4 is 9.61 Å². The third kappa shape index (κ3) is 3.49. The van der Waals surface area contributed by atoms with Crippen LogP contribution in [0.25, 0.3) is 0 Å². The molecule has 2 bridgehead atoms. The lowest BCUT2D eigenvalue weighted by Gasteiger charge is -2.43. The highest BCUT2D eigenvalue weighted by Crippen LogP contribution is 2.68. The maximum Gasteiger partial charge on any atom is 0.326 e. The first-order valence-electron chi connectivity index (χ1n) is 12.5. The number of rotatable bonds is 6. The second kappa shape index (κ2) is 8.62. The van der Waals surface area contributed by atoms with Gasteiger partial charge < -0.3 is 19.9 Å². The lowest BCUT2D eigenvalue weighted by Crippen LogP contribution is -2.47. The van der Waals surface area contributed by atoms with Crippen molar-refractivity contribution in [2.45, 2.75) is 48.9 Å². The van der Waals surface area contributed by atoms with Crippen LogP contribution in [-0.2, 0) is 14.4 Å². The number of thiazole rings is 1. The van der Waals surface area contributed by atoms with Crippen molar-refractivity contribution in [3.63, 3.8) is 0 Å². The number of benzene rings is 1. The van der Waals surface area contributed by atoms with E-state index in [-0.39, 0.29) is 63.7 Å². The fraction of sp³-hybridized carbons (Fsp3) is 0.538. The number of nitrogens with one attached hydrogen (secondary N) is 1. The number of imide groups is 1.